The number of hydrogen-bond acceptors (Lipinski definition) is 3. The summed E-state index contributed by atoms with van der Waals surface area (Å²) in [5, 5.41) is 0. The van der Waals surface area contributed by atoms with E-state index in [-0.39, 0.29) is 11.9 Å². The van der Waals surface area contributed by atoms with Gasteiger partial charge < -0.3 is 10.6 Å². The van der Waals surface area contributed by atoms with E-state index in [0.29, 0.717) is 6.04 Å². The summed E-state index contributed by atoms with van der Waals surface area (Å²) < 4.78 is 0. The Bertz CT molecular complexity index is 199. The van der Waals surface area contributed by atoms with Crippen LogP contribution in [0.3, 0.4) is 0 Å². The summed E-state index contributed by atoms with van der Waals surface area (Å²) >= 11 is 1.91. The zero-order valence-corrected chi connectivity index (χ0v) is 9.85. The Morgan fingerprint density at radius 1 is 1.71 bits per heavy atom. The molecule has 1 rings (SSSR count). The lowest BCUT2D eigenvalue weighted by Crippen LogP contribution is -2.51. The topological polar surface area (TPSA) is 46.3 Å². The lowest BCUT2D eigenvalue weighted by atomic mass is 10.1. The van der Waals surface area contributed by atoms with E-state index in [2.05, 4.69) is 13.8 Å². The molecule has 1 aliphatic rings. The number of carbonyl (C=O) groups is 1. The van der Waals surface area contributed by atoms with Crippen LogP contribution in [0.15, 0.2) is 0 Å². The smallest absolute Gasteiger partial charge is 0.239 e. The second-order valence-corrected chi connectivity index (χ2v) is 5.00. The van der Waals surface area contributed by atoms with Crippen LogP contribution in [0.2, 0.25) is 0 Å². The molecule has 0 bridgehead atoms. The normalized spacial score (nSPS) is 24.8. The molecule has 3 nitrogen and oxygen atoms in total. The van der Waals surface area contributed by atoms with Crippen LogP contribution in [0.1, 0.15) is 26.7 Å². The first-order valence-corrected chi connectivity index (χ1v) is 6.46. The molecule has 0 radical (unpaired) electrons. The predicted octanol–water partition coefficient (Wildman–Crippen LogP) is 1.08. The lowest BCUT2D eigenvalue weighted by molar-refractivity contribution is -0.134. The van der Waals surface area contributed by atoms with Crippen LogP contribution in [0, 0.1) is 0 Å². The molecule has 1 fully saturated rings. The molecule has 2 N–H and O–H groups in total. The van der Waals surface area contributed by atoms with Crippen LogP contribution in [0.5, 0.6) is 0 Å². The molecule has 1 amide bonds. The fourth-order valence-electron chi connectivity index (χ4n) is 1.70. The van der Waals surface area contributed by atoms with Gasteiger partial charge in [-0.05, 0) is 13.3 Å². The van der Waals surface area contributed by atoms with Gasteiger partial charge in [-0.3, -0.25) is 4.79 Å². The van der Waals surface area contributed by atoms with E-state index >= 15 is 0 Å². The van der Waals surface area contributed by atoms with Crippen LogP contribution in [0.25, 0.3) is 0 Å². The van der Waals surface area contributed by atoms with E-state index in [1.807, 2.05) is 16.7 Å². The molecule has 0 aromatic rings. The second kappa shape index (κ2) is 5.61. The highest BCUT2D eigenvalue weighted by Crippen LogP contribution is 2.17. The van der Waals surface area contributed by atoms with Crippen LogP contribution in [-0.4, -0.2) is 40.9 Å². The Labute approximate surface area is 90.4 Å². The maximum atomic E-state index is 11.9. The van der Waals surface area contributed by atoms with Gasteiger partial charge in [0.05, 0.1) is 6.04 Å². The molecule has 1 saturated heterocycles. The van der Waals surface area contributed by atoms with Crippen molar-refractivity contribution in [2.45, 2.75) is 38.8 Å². The van der Waals surface area contributed by atoms with Gasteiger partial charge in [-0.25, -0.2) is 0 Å². The van der Waals surface area contributed by atoms with Crippen LogP contribution < -0.4 is 5.73 Å². The average Bonchev–Trinajstić information content (AvgIpc) is 2.18. The number of thioether (sulfide) groups is 1. The molecule has 1 heterocycles. The summed E-state index contributed by atoms with van der Waals surface area (Å²) in [5.74, 6) is 2.24. The van der Waals surface area contributed by atoms with Crippen molar-refractivity contribution in [3.63, 3.8) is 0 Å². The van der Waals surface area contributed by atoms with Crippen molar-refractivity contribution in [1.29, 1.82) is 0 Å². The molecule has 82 valence electrons. The first kappa shape index (κ1) is 11.9. The minimum atomic E-state index is -0.287. The third-order valence-corrected chi connectivity index (χ3v) is 3.76. The van der Waals surface area contributed by atoms with Crippen molar-refractivity contribution in [2.75, 3.05) is 18.1 Å². The third kappa shape index (κ3) is 2.89. The quantitative estimate of drug-likeness (QED) is 0.768. The monoisotopic (exact) mass is 216 g/mol. The summed E-state index contributed by atoms with van der Waals surface area (Å²) in [6.45, 7) is 5.02. The van der Waals surface area contributed by atoms with Crippen molar-refractivity contribution in [3.8, 4) is 0 Å². The van der Waals surface area contributed by atoms with Gasteiger partial charge in [0.15, 0.2) is 0 Å². The number of nitrogens with zero attached hydrogens (tertiary/aromatic N) is 1. The fourth-order valence-corrected chi connectivity index (χ4v) is 2.72. The first-order valence-electron chi connectivity index (χ1n) is 5.30. The van der Waals surface area contributed by atoms with Crippen molar-refractivity contribution in [3.05, 3.63) is 0 Å². The van der Waals surface area contributed by atoms with E-state index < -0.39 is 0 Å². The lowest BCUT2D eigenvalue weighted by Gasteiger charge is -2.34. The van der Waals surface area contributed by atoms with E-state index in [9.17, 15) is 4.79 Å². The van der Waals surface area contributed by atoms with Gasteiger partial charge in [-0.1, -0.05) is 13.3 Å². The Balaban J connectivity index is 2.49. The van der Waals surface area contributed by atoms with Gasteiger partial charge in [-0.2, -0.15) is 11.8 Å². The maximum absolute atomic E-state index is 11.9. The van der Waals surface area contributed by atoms with Crippen LogP contribution >= 0.6 is 11.8 Å². The number of hydrogen-bond donors (Lipinski definition) is 1. The van der Waals surface area contributed by atoms with E-state index in [1.165, 1.54) is 0 Å². The minimum Gasteiger partial charge on any atom is -0.337 e. The van der Waals surface area contributed by atoms with E-state index in [1.54, 1.807) is 0 Å². The molecule has 2 atom stereocenters. The average molecular weight is 216 g/mol. The summed E-state index contributed by atoms with van der Waals surface area (Å²) in [6, 6.07) is 0.0645. The zero-order valence-electron chi connectivity index (χ0n) is 9.03. The second-order valence-electron chi connectivity index (χ2n) is 3.85. The largest absolute Gasteiger partial charge is 0.337 e. The number of carbonyl (C=O) groups excluding carboxylic acids is 1. The molecule has 0 aliphatic carbocycles. The van der Waals surface area contributed by atoms with Crippen molar-refractivity contribution >= 4 is 17.7 Å². The molecule has 0 saturated carbocycles. The molecule has 1 aliphatic heterocycles. The van der Waals surface area contributed by atoms with Crippen LogP contribution in [-0.2, 0) is 4.79 Å². The van der Waals surface area contributed by atoms with Crippen LogP contribution in [0.4, 0.5) is 0 Å². The standard InChI is InChI=1S/C10H20N2OS/c1-3-4-9(11)10(13)12-5-6-14-7-8(12)2/h8-9H,3-7,11H2,1-2H3. The molecule has 0 spiro atoms. The highest BCUT2D eigenvalue weighted by molar-refractivity contribution is 7.99. The number of rotatable bonds is 3. The predicted molar refractivity (Wildman–Crippen MR) is 61.4 cm³/mol. The van der Waals surface area contributed by atoms with Gasteiger partial charge in [0.2, 0.25) is 5.91 Å². The van der Waals surface area contributed by atoms with Gasteiger partial charge in [0, 0.05) is 24.1 Å². The van der Waals surface area contributed by atoms with E-state index in [4.69, 9.17) is 5.73 Å². The summed E-state index contributed by atoms with van der Waals surface area (Å²) in [5.41, 5.74) is 5.82. The van der Waals surface area contributed by atoms with Gasteiger partial charge in [0.1, 0.15) is 0 Å². The molecule has 0 aromatic carbocycles. The van der Waals surface area contributed by atoms with Crippen molar-refractivity contribution < 1.29 is 4.79 Å². The van der Waals surface area contributed by atoms with Crippen molar-refractivity contribution in [1.82, 2.24) is 4.90 Å². The molecular weight excluding hydrogens is 196 g/mol. The Morgan fingerprint density at radius 3 is 3.00 bits per heavy atom. The molecular formula is C10H20N2OS. The fraction of sp³-hybridized carbons (Fsp3) is 0.900. The molecule has 2 unspecified atom stereocenters. The summed E-state index contributed by atoms with van der Waals surface area (Å²) in [6.07, 6.45) is 1.78. The number of nitrogens with two attached hydrogens (primary N) is 1. The Morgan fingerprint density at radius 2 is 2.43 bits per heavy atom. The summed E-state index contributed by atoms with van der Waals surface area (Å²) in [4.78, 5) is 13.8. The van der Waals surface area contributed by atoms with Gasteiger partial charge >= 0.3 is 0 Å². The Hall–Kier alpha value is -0.220. The number of amides is 1. The maximum Gasteiger partial charge on any atom is 0.239 e. The molecule has 0 aromatic heterocycles. The summed E-state index contributed by atoms with van der Waals surface area (Å²) in [7, 11) is 0. The minimum absolute atomic E-state index is 0.139. The van der Waals surface area contributed by atoms with E-state index in [0.717, 1.165) is 30.9 Å². The van der Waals surface area contributed by atoms with Gasteiger partial charge in [-0.15, -0.1) is 0 Å². The highest BCUT2D eigenvalue weighted by Gasteiger charge is 2.26. The first-order chi connectivity index (χ1) is 6.66. The zero-order chi connectivity index (χ0) is 10.6. The molecule has 4 heteroatoms. The van der Waals surface area contributed by atoms with Crippen molar-refractivity contribution in [2.24, 2.45) is 5.73 Å². The Kier molecular flexibility index (Phi) is 4.75. The third-order valence-electron chi connectivity index (χ3n) is 2.57. The highest BCUT2D eigenvalue weighted by atomic mass is 32.2. The SMILES string of the molecule is CCCC(N)C(=O)N1CCSCC1C. The molecule has 14 heavy (non-hydrogen) atoms. The van der Waals surface area contributed by atoms with Gasteiger partial charge in [0.25, 0.3) is 0 Å².